The van der Waals surface area contributed by atoms with Gasteiger partial charge in [0.1, 0.15) is 5.82 Å². The summed E-state index contributed by atoms with van der Waals surface area (Å²) >= 11 is 0. The van der Waals surface area contributed by atoms with Crippen LogP contribution >= 0.6 is 0 Å². The smallest absolute Gasteiger partial charge is 0.221 e. The molecule has 1 aliphatic heterocycles. The first-order valence-electron chi connectivity index (χ1n) is 9.36. The van der Waals surface area contributed by atoms with Gasteiger partial charge in [0.15, 0.2) is 5.65 Å². The number of nitrogens with two attached hydrogens (primary N) is 1. The van der Waals surface area contributed by atoms with Crippen LogP contribution in [0.2, 0.25) is 0 Å². The number of nitrogens with zero attached hydrogens (tertiary/aromatic N) is 4. The molecule has 1 aliphatic rings. The minimum absolute atomic E-state index is 0.0258. The summed E-state index contributed by atoms with van der Waals surface area (Å²) in [4.78, 5) is 18.4. The monoisotopic (exact) mass is 364 g/mol. The van der Waals surface area contributed by atoms with Crippen LogP contribution < -0.4 is 11.1 Å². The molecule has 3 heterocycles. The van der Waals surface area contributed by atoms with E-state index in [0.29, 0.717) is 0 Å². The van der Waals surface area contributed by atoms with Crippen molar-refractivity contribution >= 4 is 17.4 Å². The number of anilines is 1. The first-order chi connectivity index (χ1) is 13.2. The lowest BCUT2D eigenvalue weighted by Gasteiger charge is -2.31. The summed E-state index contributed by atoms with van der Waals surface area (Å²) in [6.07, 6.45) is 3.67. The maximum absolute atomic E-state index is 11.4. The molecule has 0 bridgehead atoms. The van der Waals surface area contributed by atoms with Crippen LogP contribution in [0.5, 0.6) is 0 Å². The average Bonchev–Trinajstić information content (AvgIpc) is 3.18. The number of hydrogen-bond acceptors (Lipinski definition) is 5. The van der Waals surface area contributed by atoms with Crippen molar-refractivity contribution in [1.82, 2.24) is 19.5 Å². The van der Waals surface area contributed by atoms with E-state index in [9.17, 15) is 4.79 Å². The Morgan fingerprint density at radius 2 is 2.11 bits per heavy atom. The molecule has 0 saturated carbocycles. The van der Waals surface area contributed by atoms with Crippen molar-refractivity contribution < 1.29 is 4.79 Å². The zero-order valence-electron chi connectivity index (χ0n) is 15.2. The number of carbonyl (C=O) groups is 1. The van der Waals surface area contributed by atoms with Crippen molar-refractivity contribution in [3.8, 4) is 11.3 Å². The highest BCUT2D eigenvalue weighted by atomic mass is 16.1. The maximum Gasteiger partial charge on any atom is 0.221 e. The van der Waals surface area contributed by atoms with Crippen LogP contribution in [0, 0.1) is 5.92 Å². The lowest BCUT2D eigenvalue weighted by molar-refractivity contribution is -0.123. The molecule has 140 valence electrons. The summed E-state index contributed by atoms with van der Waals surface area (Å²) in [6.45, 7) is 3.38. The molecule has 2 aromatic heterocycles. The van der Waals surface area contributed by atoms with Gasteiger partial charge in [0, 0.05) is 37.3 Å². The third kappa shape index (κ3) is 3.93. The van der Waals surface area contributed by atoms with Crippen LogP contribution in [0.25, 0.3) is 16.9 Å². The van der Waals surface area contributed by atoms with Crippen LogP contribution in [0.15, 0.2) is 48.7 Å². The summed E-state index contributed by atoms with van der Waals surface area (Å²) < 4.78 is 1.81. The first kappa shape index (κ1) is 17.5. The normalized spacial score (nSPS) is 17.9. The van der Waals surface area contributed by atoms with Crippen molar-refractivity contribution in [3.05, 3.63) is 48.7 Å². The SMILES string of the molecule is NC(=O)[C@@H]1CCCN(CCNc2cc(-c3ccccc3)nc3ccnn23)C1. The standard InChI is InChI=1S/C20H24N6O/c21-20(27)16-7-4-11-25(14-16)12-10-22-19-13-17(15-5-2-1-3-6-15)24-18-8-9-23-26(18)19/h1-3,5-6,8-9,13,16,22H,4,7,10-12,14H2,(H2,21,27)/t16-/m1/s1. The fourth-order valence-corrected chi connectivity index (χ4v) is 3.63. The Morgan fingerprint density at radius 1 is 1.26 bits per heavy atom. The second-order valence-corrected chi connectivity index (χ2v) is 6.96. The number of rotatable bonds is 6. The lowest BCUT2D eigenvalue weighted by Crippen LogP contribution is -2.42. The largest absolute Gasteiger partial charge is 0.369 e. The molecule has 0 aliphatic carbocycles. The molecule has 1 atom stereocenters. The van der Waals surface area contributed by atoms with Gasteiger partial charge in [-0.05, 0) is 19.4 Å². The molecule has 1 fully saturated rings. The third-order valence-electron chi connectivity index (χ3n) is 5.07. The summed E-state index contributed by atoms with van der Waals surface area (Å²) in [6, 6.07) is 14.1. The Morgan fingerprint density at radius 3 is 2.93 bits per heavy atom. The number of aromatic nitrogens is 3. The molecule has 7 heteroatoms. The summed E-state index contributed by atoms with van der Waals surface area (Å²) in [5.74, 6) is 0.696. The van der Waals surface area contributed by atoms with Gasteiger partial charge in [0.2, 0.25) is 5.91 Å². The lowest BCUT2D eigenvalue weighted by atomic mass is 9.97. The Bertz CT molecular complexity index is 923. The van der Waals surface area contributed by atoms with Crippen LogP contribution in [0.1, 0.15) is 12.8 Å². The fourth-order valence-electron chi connectivity index (χ4n) is 3.63. The van der Waals surface area contributed by atoms with E-state index in [1.165, 1.54) is 0 Å². The van der Waals surface area contributed by atoms with Crippen molar-refractivity contribution in [2.75, 3.05) is 31.5 Å². The molecule has 0 radical (unpaired) electrons. The average molecular weight is 364 g/mol. The number of nitrogens with one attached hydrogen (secondary N) is 1. The molecular weight excluding hydrogens is 340 g/mol. The summed E-state index contributed by atoms with van der Waals surface area (Å²) in [7, 11) is 0. The highest BCUT2D eigenvalue weighted by molar-refractivity contribution is 5.77. The van der Waals surface area contributed by atoms with Gasteiger partial charge in [-0.2, -0.15) is 9.61 Å². The molecular formula is C20H24N6O. The second-order valence-electron chi connectivity index (χ2n) is 6.96. The molecule has 0 unspecified atom stereocenters. The van der Waals surface area contributed by atoms with Gasteiger partial charge in [-0.1, -0.05) is 30.3 Å². The fraction of sp³-hybridized carbons (Fsp3) is 0.350. The number of benzene rings is 1. The zero-order chi connectivity index (χ0) is 18.6. The topological polar surface area (TPSA) is 88.5 Å². The van der Waals surface area contributed by atoms with Crippen molar-refractivity contribution in [2.45, 2.75) is 12.8 Å². The number of piperidine rings is 1. The highest BCUT2D eigenvalue weighted by Crippen LogP contribution is 2.22. The van der Waals surface area contributed by atoms with E-state index in [0.717, 1.165) is 61.7 Å². The third-order valence-corrected chi connectivity index (χ3v) is 5.07. The Hall–Kier alpha value is -2.93. The van der Waals surface area contributed by atoms with E-state index in [-0.39, 0.29) is 11.8 Å². The molecule has 3 aromatic rings. The van der Waals surface area contributed by atoms with Crippen LogP contribution in [-0.4, -0.2) is 51.6 Å². The number of amides is 1. The Balaban J connectivity index is 1.47. The van der Waals surface area contributed by atoms with Crippen LogP contribution in [-0.2, 0) is 4.79 Å². The number of hydrogen-bond donors (Lipinski definition) is 2. The van der Waals surface area contributed by atoms with Crippen molar-refractivity contribution in [1.29, 1.82) is 0 Å². The van der Waals surface area contributed by atoms with Gasteiger partial charge in [0.05, 0.1) is 17.8 Å². The minimum Gasteiger partial charge on any atom is -0.369 e. The number of fused-ring (bicyclic) bond motifs is 1. The summed E-state index contributed by atoms with van der Waals surface area (Å²) in [5.41, 5.74) is 8.27. The molecule has 7 nitrogen and oxygen atoms in total. The number of likely N-dealkylation sites (tertiary alicyclic amines) is 1. The predicted octanol–water partition coefficient (Wildman–Crippen LogP) is 2.01. The van der Waals surface area contributed by atoms with Gasteiger partial charge >= 0.3 is 0 Å². The van der Waals surface area contributed by atoms with E-state index in [4.69, 9.17) is 10.7 Å². The van der Waals surface area contributed by atoms with E-state index in [2.05, 4.69) is 27.4 Å². The first-order valence-corrected chi connectivity index (χ1v) is 9.36. The Labute approximate surface area is 158 Å². The maximum atomic E-state index is 11.4. The van der Waals surface area contributed by atoms with E-state index in [1.54, 1.807) is 6.20 Å². The quantitative estimate of drug-likeness (QED) is 0.698. The van der Waals surface area contributed by atoms with Gasteiger partial charge in [-0.15, -0.1) is 0 Å². The summed E-state index contributed by atoms with van der Waals surface area (Å²) in [5, 5.41) is 7.85. The zero-order valence-corrected chi connectivity index (χ0v) is 15.2. The van der Waals surface area contributed by atoms with Crippen LogP contribution in [0.3, 0.4) is 0 Å². The van der Waals surface area contributed by atoms with Gasteiger partial charge in [-0.25, -0.2) is 4.98 Å². The number of primary amides is 1. The highest BCUT2D eigenvalue weighted by Gasteiger charge is 2.23. The van der Waals surface area contributed by atoms with Gasteiger partial charge < -0.3 is 16.0 Å². The molecule has 3 N–H and O–H groups in total. The van der Waals surface area contributed by atoms with E-state index >= 15 is 0 Å². The molecule has 1 amide bonds. The molecule has 1 aromatic carbocycles. The minimum atomic E-state index is -0.187. The molecule has 4 rings (SSSR count). The predicted molar refractivity (Wildman–Crippen MR) is 105 cm³/mol. The Kier molecular flexibility index (Phi) is 5.02. The van der Waals surface area contributed by atoms with Crippen molar-refractivity contribution in [2.24, 2.45) is 11.7 Å². The van der Waals surface area contributed by atoms with Crippen LogP contribution in [0.4, 0.5) is 5.82 Å². The van der Waals surface area contributed by atoms with E-state index < -0.39 is 0 Å². The van der Waals surface area contributed by atoms with Gasteiger partial charge in [-0.3, -0.25) is 4.79 Å². The van der Waals surface area contributed by atoms with E-state index in [1.807, 2.05) is 34.8 Å². The second kappa shape index (κ2) is 7.75. The molecule has 27 heavy (non-hydrogen) atoms. The molecule has 0 spiro atoms. The van der Waals surface area contributed by atoms with Gasteiger partial charge in [0.25, 0.3) is 0 Å². The molecule has 1 saturated heterocycles. The number of carbonyl (C=O) groups excluding carboxylic acids is 1. The van der Waals surface area contributed by atoms with Crippen molar-refractivity contribution in [3.63, 3.8) is 0 Å².